The molecule has 11 heteroatoms. The van der Waals surface area contributed by atoms with Gasteiger partial charge in [-0.05, 0) is 17.9 Å². The molecule has 126 valence electrons. The predicted molar refractivity (Wildman–Crippen MR) is 81.8 cm³/mol. The maximum atomic E-state index is 12.2. The molecule has 2 aromatic heterocycles. The van der Waals surface area contributed by atoms with Gasteiger partial charge in [-0.25, -0.2) is 17.9 Å². The Morgan fingerprint density at radius 1 is 1.52 bits per heavy atom. The van der Waals surface area contributed by atoms with Crippen LogP contribution in [0.25, 0.3) is 0 Å². The number of ether oxygens (including phenoxy) is 1. The van der Waals surface area contributed by atoms with Crippen molar-refractivity contribution < 1.29 is 23.1 Å². The SMILES string of the molecule is COCCCn1cnnc1CNS(=O)(=O)c1ccsc1C(=O)O. The van der Waals surface area contributed by atoms with Crippen molar-refractivity contribution in [3.63, 3.8) is 0 Å². The molecule has 2 rings (SSSR count). The predicted octanol–water partition coefficient (Wildman–Crippen LogP) is 0.553. The van der Waals surface area contributed by atoms with E-state index < -0.39 is 16.0 Å². The summed E-state index contributed by atoms with van der Waals surface area (Å²) in [5, 5.41) is 18.1. The topological polar surface area (TPSA) is 123 Å². The summed E-state index contributed by atoms with van der Waals surface area (Å²) in [6.45, 7) is 1.08. The van der Waals surface area contributed by atoms with Gasteiger partial charge in [0.1, 0.15) is 21.9 Å². The van der Waals surface area contributed by atoms with Crippen molar-refractivity contribution in [3.8, 4) is 0 Å². The molecule has 0 fully saturated rings. The molecule has 0 aromatic carbocycles. The van der Waals surface area contributed by atoms with Crippen LogP contribution in [-0.4, -0.2) is 48.0 Å². The minimum atomic E-state index is -3.94. The second-order valence-electron chi connectivity index (χ2n) is 4.53. The number of rotatable bonds is 9. The van der Waals surface area contributed by atoms with Gasteiger partial charge in [0.05, 0.1) is 6.54 Å². The van der Waals surface area contributed by atoms with E-state index in [1.54, 1.807) is 11.7 Å². The lowest BCUT2D eigenvalue weighted by atomic mass is 10.4. The number of aromatic carboxylic acids is 1. The molecule has 0 amide bonds. The summed E-state index contributed by atoms with van der Waals surface area (Å²) in [7, 11) is -2.34. The van der Waals surface area contributed by atoms with Crippen LogP contribution in [-0.2, 0) is 27.8 Å². The van der Waals surface area contributed by atoms with Gasteiger partial charge in [-0.3, -0.25) is 0 Å². The maximum absolute atomic E-state index is 12.2. The van der Waals surface area contributed by atoms with Crippen molar-refractivity contribution >= 4 is 27.3 Å². The molecule has 0 saturated heterocycles. The van der Waals surface area contributed by atoms with Crippen LogP contribution in [0.4, 0.5) is 0 Å². The normalized spacial score (nSPS) is 11.7. The molecule has 0 unspecified atom stereocenters. The number of aromatic nitrogens is 3. The van der Waals surface area contributed by atoms with E-state index in [9.17, 15) is 13.2 Å². The molecule has 0 bridgehead atoms. The number of aryl methyl sites for hydroxylation is 1. The third kappa shape index (κ3) is 4.34. The summed E-state index contributed by atoms with van der Waals surface area (Å²) in [5.41, 5.74) is 0. The molecule has 2 aromatic rings. The van der Waals surface area contributed by atoms with Gasteiger partial charge in [-0.2, -0.15) is 0 Å². The zero-order valence-corrected chi connectivity index (χ0v) is 13.9. The number of carboxylic acids is 1. The first kappa shape index (κ1) is 17.5. The highest BCUT2D eigenvalue weighted by atomic mass is 32.2. The summed E-state index contributed by atoms with van der Waals surface area (Å²) >= 11 is 0.859. The molecule has 0 saturated carbocycles. The van der Waals surface area contributed by atoms with Gasteiger partial charge in [0.25, 0.3) is 0 Å². The quantitative estimate of drug-likeness (QED) is 0.626. The van der Waals surface area contributed by atoms with Crippen LogP contribution < -0.4 is 4.72 Å². The second-order valence-corrected chi connectivity index (χ2v) is 7.18. The Hall–Kier alpha value is -1.82. The number of hydrogen-bond acceptors (Lipinski definition) is 7. The van der Waals surface area contributed by atoms with Crippen LogP contribution >= 0.6 is 11.3 Å². The molecule has 9 nitrogen and oxygen atoms in total. The first-order valence-electron chi connectivity index (χ1n) is 6.62. The van der Waals surface area contributed by atoms with E-state index in [4.69, 9.17) is 9.84 Å². The molecular weight excluding hydrogens is 344 g/mol. The molecule has 0 spiro atoms. The van der Waals surface area contributed by atoms with Gasteiger partial charge in [0.2, 0.25) is 10.0 Å². The lowest BCUT2D eigenvalue weighted by Gasteiger charge is -2.08. The molecule has 23 heavy (non-hydrogen) atoms. The number of carbonyl (C=O) groups is 1. The molecule has 0 aliphatic heterocycles. The number of hydrogen-bond donors (Lipinski definition) is 2. The number of sulfonamides is 1. The van der Waals surface area contributed by atoms with Crippen molar-refractivity contribution in [2.75, 3.05) is 13.7 Å². The van der Waals surface area contributed by atoms with Crippen molar-refractivity contribution in [2.24, 2.45) is 0 Å². The summed E-state index contributed by atoms with van der Waals surface area (Å²) in [6, 6.07) is 1.26. The largest absolute Gasteiger partial charge is 0.477 e. The highest BCUT2D eigenvalue weighted by Crippen LogP contribution is 2.21. The van der Waals surface area contributed by atoms with Crippen LogP contribution in [0.15, 0.2) is 22.7 Å². The molecule has 0 aliphatic carbocycles. The van der Waals surface area contributed by atoms with Gasteiger partial charge in [-0.1, -0.05) is 0 Å². The Morgan fingerprint density at radius 2 is 2.30 bits per heavy atom. The van der Waals surface area contributed by atoms with E-state index in [1.165, 1.54) is 17.8 Å². The average Bonchev–Trinajstić information content (AvgIpc) is 3.15. The zero-order chi connectivity index (χ0) is 16.9. The standard InChI is InChI=1S/C12H16N4O5S2/c1-21-5-2-4-16-8-13-15-10(16)7-14-23(19,20)9-3-6-22-11(9)12(17)18/h3,6,8,14H,2,4-5,7H2,1H3,(H,17,18). The van der Waals surface area contributed by atoms with Crippen molar-refractivity contribution in [3.05, 3.63) is 28.5 Å². The fraction of sp³-hybridized carbons (Fsp3) is 0.417. The van der Waals surface area contributed by atoms with Gasteiger partial charge in [0.15, 0.2) is 0 Å². The third-order valence-corrected chi connectivity index (χ3v) is 5.45. The van der Waals surface area contributed by atoms with Crippen LogP contribution in [0.3, 0.4) is 0 Å². The Kier molecular flexibility index (Phi) is 5.82. The van der Waals surface area contributed by atoms with Crippen molar-refractivity contribution in [1.29, 1.82) is 0 Å². The number of carboxylic acid groups (broad SMARTS) is 1. The monoisotopic (exact) mass is 360 g/mol. The van der Waals surface area contributed by atoms with Crippen LogP contribution in [0, 0.1) is 0 Å². The minimum Gasteiger partial charge on any atom is -0.477 e. The summed E-state index contributed by atoms with van der Waals surface area (Å²) in [4.78, 5) is 10.6. The molecular formula is C12H16N4O5S2. The van der Waals surface area contributed by atoms with E-state index in [2.05, 4.69) is 14.9 Å². The van der Waals surface area contributed by atoms with Crippen molar-refractivity contribution in [1.82, 2.24) is 19.5 Å². The van der Waals surface area contributed by atoms with E-state index in [1.807, 2.05) is 0 Å². The van der Waals surface area contributed by atoms with Gasteiger partial charge in [0, 0.05) is 20.3 Å². The number of methoxy groups -OCH3 is 1. The van der Waals surface area contributed by atoms with E-state index in [0.29, 0.717) is 19.0 Å². The maximum Gasteiger partial charge on any atom is 0.347 e. The van der Waals surface area contributed by atoms with Gasteiger partial charge in [-0.15, -0.1) is 21.5 Å². The van der Waals surface area contributed by atoms with Gasteiger partial charge < -0.3 is 14.4 Å². The lowest BCUT2D eigenvalue weighted by molar-refractivity contribution is 0.0698. The van der Waals surface area contributed by atoms with E-state index in [-0.39, 0.29) is 16.3 Å². The first-order valence-corrected chi connectivity index (χ1v) is 8.98. The van der Waals surface area contributed by atoms with E-state index in [0.717, 1.165) is 17.8 Å². The zero-order valence-electron chi connectivity index (χ0n) is 12.3. The van der Waals surface area contributed by atoms with Gasteiger partial charge >= 0.3 is 5.97 Å². The minimum absolute atomic E-state index is 0.0791. The fourth-order valence-electron chi connectivity index (χ4n) is 1.88. The Morgan fingerprint density at radius 3 is 3.00 bits per heavy atom. The molecule has 2 heterocycles. The van der Waals surface area contributed by atoms with Crippen molar-refractivity contribution in [2.45, 2.75) is 24.4 Å². The summed E-state index contributed by atoms with van der Waals surface area (Å²) in [5.74, 6) is -0.833. The summed E-state index contributed by atoms with van der Waals surface area (Å²) in [6.07, 6.45) is 2.24. The third-order valence-electron chi connectivity index (χ3n) is 2.98. The number of nitrogens with one attached hydrogen (secondary N) is 1. The fourth-order valence-corrected chi connectivity index (χ4v) is 4.12. The molecule has 2 N–H and O–H groups in total. The Labute approximate surface area is 137 Å². The Bertz CT molecular complexity index is 768. The number of thiophene rings is 1. The van der Waals surface area contributed by atoms with Crippen LogP contribution in [0.2, 0.25) is 0 Å². The first-order chi connectivity index (χ1) is 11.0. The smallest absolute Gasteiger partial charge is 0.347 e. The highest BCUT2D eigenvalue weighted by molar-refractivity contribution is 7.89. The number of nitrogens with zero attached hydrogens (tertiary/aromatic N) is 3. The second kappa shape index (κ2) is 7.64. The highest BCUT2D eigenvalue weighted by Gasteiger charge is 2.24. The molecule has 0 radical (unpaired) electrons. The molecule has 0 atom stereocenters. The molecule has 0 aliphatic rings. The van der Waals surface area contributed by atoms with Crippen LogP contribution in [0.5, 0.6) is 0 Å². The van der Waals surface area contributed by atoms with E-state index >= 15 is 0 Å². The Balaban J connectivity index is 2.07. The lowest BCUT2D eigenvalue weighted by Crippen LogP contribution is -2.26. The van der Waals surface area contributed by atoms with Crippen LogP contribution in [0.1, 0.15) is 21.9 Å². The average molecular weight is 360 g/mol. The summed E-state index contributed by atoms with van der Waals surface area (Å²) < 4.78 is 33.5.